The first-order valence-electron chi connectivity index (χ1n) is 10.7. The lowest BCUT2D eigenvalue weighted by atomic mass is 9.64. The van der Waals surface area contributed by atoms with Gasteiger partial charge in [-0.1, -0.05) is 43.1 Å². The SMILES string of the molecule is C[B]n1ccc(C(=O)NC(COC)C(=O)Nc2nc(-c3cccc([B]C4CC4)c3F)cs2)c1. The van der Waals surface area contributed by atoms with Crippen LogP contribution in [0.1, 0.15) is 23.2 Å². The smallest absolute Gasteiger partial charge is 0.253 e. The lowest BCUT2D eigenvalue weighted by molar-refractivity contribution is -0.119. The number of hydrogen-bond donors (Lipinski definition) is 2. The molecule has 1 aliphatic rings. The fourth-order valence-electron chi connectivity index (χ4n) is 3.34. The molecule has 2 amide bonds. The number of benzene rings is 1. The molecule has 1 fully saturated rings. The molecule has 1 unspecified atom stereocenters. The molecule has 2 radical (unpaired) electrons. The number of nitrogens with one attached hydrogen (secondary N) is 2. The molecule has 1 atom stereocenters. The summed E-state index contributed by atoms with van der Waals surface area (Å²) < 4.78 is 21.8. The quantitative estimate of drug-likeness (QED) is 0.452. The molecule has 2 aromatic heterocycles. The van der Waals surface area contributed by atoms with E-state index in [-0.39, 0.29) is 12.4 Å². The third-order valence-electron chi connectivity index (χ3n) is 5.31. The van der Waals surface area contributed by atoms with Crippen molar-refractivity contribution < 1.29 is 18.7 Å². The topological polar surface area (TPSA) is 85.2 Å². The van der Waals surface area contributed by atoms with Gasteiger partial charge in [-0.05, 0) is 18.3 Å². The Morgan fingerprint density at radius 2 is 2.18 bits per heavy atom. The summed E-state index contributed by atoms with van der Waals surface area (Å²) in [5, 5.41) is 7.39. The molecule has 0 spiro atoms. The number of rotatable bonds is 10. The second-order valence-electron chi connectivity index (χ2n) is 7.83. The van der Waals surface area contributed by atoms with Crippen LogP contribution in [0.4, 0.5) is 9.52 Å². The molecular weight excluding hydrogens is 441 g/mol. The Bertz CT molecular complexity index is 1150. The number of halogens is 1. The summed E-state index contributed by atoms with van der Waals surface area (Å²) in [7, 11) is 5.21. The van der Waals surface area contributed by atoms with Crippen molar-refractivity contribution in [2.45, 2.75) is 31.5 Å². The first-order chi connectivity index (χ1) is 16.0. The number of aromatic nitrogens is 2. The minimum atomic E-state index is -0.919. The van der Waals surface area contributed by atoms with Crippen molar-refractivity contribution in [3.05, 3.63) is 53.4 Å². The van der Waals surface area contributed by atoms with Crippen LogP contribution in [0.15, 0.2) is 42.0 Å². The Morgan fingerprint density at radius 3 is 2.88 bits per heavy atom. The molecule has 2 N–H and O–H groups in total. The highest BCUT2D eigenvalue weighted by atomic mass is 32.1. The molecule has 0 bridgehead atoms. The molecule has 1 aliphatic carbocycles. The van der Waals surface area contributed by atoms with Crippen LogP contribution in [0.5, 0.6) is 0 Å². The number of carbonyl (C=O) groups excluding carboxylic acids is 2. The van der Waals surface area contributed by atoms with Crippen LogP contribution in [-0.4, -0.2) is 55.7 Å². The van der Waals surface area contributed by atoms with Gasteiger partial charge < -0.3 is 19.8 Å². The normalized spacial score (nSPS) is 13.9. The molecule has 0 aliphatic heterocycles. The van der Waals surface area contributed by atoms with Gasteiger partial charge in [0.1, 0.15) is 11.9 Å². The van der Waals surface area contributed by atoms with E-state index in [0.717, 1.165) is 12.8 Å². The van der Waals surface area contributed by atoms with Gasteiger partial charge in [0.15, 0.2) is 12.4 Å². The Balaban J connectivity index is 1.43. The van der Waals surface area contributed by atoms with Crippen LogP contribution in [0.2, 0.25) is 12.6 Å². The zero-order chi connectivity index (χ0) is 23.4. The molecule has 33 heavy (non-hydrogen) atoms. The van der Waals surface area contributed by atoms with Crippen LogP contribution in [0, 0.1) is 5.82 Å². The molecule has 1 aromatic carbocycles. The molecule has 1 saturated carbocycles. The largest absolute Gasteiger partial charge is 0.402 e. The zero-order valence-electron chi connectivity index (χ0n) is 18.4. The summed E-state index contributed by atoms with van der Waals surface area (Å²) in [4.78, 5) is 29.7. The van der Waals surface area contributed by atoms with Crippen LogP contribution in [-0.2, 0) is 9.53 Å². The minimum Gasteiger partial charge on any atom is -0.402 e. The van der Waals surface area contributed by atoms with E-state index < -0.39 is 17.9 Å². The molecule has 7 nitrogen and oxygen atoms in total. The Labute approximate surface area is 197 Å². The van der Waals surface area contributed by atoms with Gasteiger partial charge in [0.2, 0.25) is 7.41 Å². The van der Waals surface area contributed by atoms with Gasteiger partial charge in [-0.25, -0.2) is 9.37 Å². The maximum Gasteiger partial charge on any atom is 0.253 e. The second kappa shape index (κ2) is 10.4. The Hall–Kier alpha value is -2.91. The maximum absolute atomic E-state index is 15.0. The van der Waals surface area contributed by atoms with Crippen molar-refractivity contribution in [1.29, 1.82) is 0 Å². The summed E-state index contributed by atoms with van der Waals surface area (Å²) >= 11 is 1.19. The van der Waals surface area contributed by atoms with E-state index in [1.165, 1.54) is 18.4 Å². The van der Waals surface area contributed by atoms with Gasteiger partial charge in [0, 0.05) is 24.3 Å². The number of hydrogen-bond acceptors (Lipinski definition) is 5. The number of amides is 2. The molecule has 168 valence electrons. The highest BCUT2D eigenvalue weighted by molar-refractivity contribution is 7.14. The lowest BCUT2D eigenvalue weighted by Crippen LogP contribution is -2.46. The summed E-state index contributed by atoms with van der Waals surface area (Å²) in [6.45, 7) is 1.84. The first-order valence-corrected chi connectivity index (χ1v) is 11.5. The number of ether oxygens (including phenoxy) is 1. The number of carbonyl (C=O) groups is 2. The van der Waals surface area contributed by atoms with Crippen molar-refractivity contribution in [1.82, 2.24) is 14.8 Å². The van der Waals surface area contributed by atoms with E-state index in [0.29, 0.717) is 33.2 Å². The second-order valence-corrected chi connectivity index (χ2v) is 8.69. The van der Waals surface area contributed by atoms with Crippen molar-refractivity contribution in [2.24, 2.45) is 0 Å². The number of methoxy groups -OCH3 is 1. The average Bonchev–Trinajstić information content (AvgIpc) is 3.29. The van der Waals surface area contributed by atoms with E-state index in [1.807, 2.05) is 14.1 Å². The van der Waals surface area contributed by atoms with E-state index in [4.69, 9.17) is 4.74 Å². The van der Waals surface area contributed by atoms with Gasteiger partial charge in [-0.3, -0.25) is 9.59 Å². The molecular formula is C22H23B2FN4O3S. The van der Waals surface area contributed by atoms with E-state index in [9.17, 15) is 14.0 Å². The van der Waals surface area contributed by atoms with E-state index in [2.05, 4.69) is 15.6 Å². The van der Waals surface area contributed by atoms with E-state index >= 15 is 0 Å². The van der Waals surface area contributed by atoms with Crippen molar-refractivity contribution >= 4 is 48.4 Å². The van der Waals surface area contributed by atoms with Crippen LogP contribution < -0.4 is 16.1 Å². The van der Waals surface area contributed by atoms with Gasteiger partial charge in [-0.15, -0.1) is 11.3 Å². The van der Waals surface area contributed by atoms with Crippen LogP contribution in [0.3, 0.4) is 0 Å². The summed E-state index contributed by atoms with van der Waals surface area (Å²) in [5.41, 5.74) is 1.84. The highest BCUT2D eigenvalue weighted by Gasteiger charge is 2.26. The summed E-state index contributed by atoms with van der Waals surface area (Å²) in [6, 6.07) is 5.98. The fourth-order valence-corrected chi connectivity index (χ4v) is 4.05. The molecule has 2 heterocycles. The van der Waals surface area contributed by atoms with Crippen molar-refractivity contribution in [2.75, 3.05) is 19.0 Å². The van der Waals surface area contributed by atoms with Gasteiger partial charge in [0.05, 0.1) is 17.9 Å². The number of nitrogens with zero attached hydrogens (tertiary/aromatic N) is 2. The molecule has 3 aromatic rings. The third kappa shape index (κ3) is 5.72. The van der Waals surface area contributed by atoms with Crippen LogP contribution >= 0.6 is 11.3 Å². The lowest BCUT2D eigenvalue weighted by Gasteiger charge is -2.16. The van der Waals surface area contributed by atoms with Crippen molar-refractivity contribution in [3.63, 3.8) is 0 Å². The fraction of sp³-hybridized carbons (Fsp3) is 0.318. The van der Waals surface area contributed by atoms with Gasteiger partial charge in [0.25, 0.3) is 11.8 Å². The number of thiazole rings is 1. The third-order valence-corrected chi connectivity index (χ3v) is 6.06. The standard InChI is InChI=1S/C22H23B2FN4O3S/c1-23-29-9-8-13(10-29)20(30)26-17(11-32-2)21(31)28-22-27-18(12-33-22)15-4-3-5-16(19(15)25)24-14-6-7-14/h3-5,8-10,12,14,17H,6-7,11H2,1-2H3,(H,26,30)(H,27,28,31). The first kappa shape index (κ1) is 23.3. The van der Waals surface area contributed by atoms with Crippen molar-refractivity contribution in [3.8, 4) is 11.3 Å². The van der Waals surface area contributed by atoms with Gasteiger partial charge in [-0.2, -0.15) is 0 Å². The number of anilines is 1. The van der Waals surface area contributed by atoms with E-state index in [1.54, 1.807) is 53.9 Å². The maximum atomic E-state index is 15.0. The highest BCUT2D eigenvalue weighted by Crippen LogP contribution is 2.35. The predicted octanol–water partition coefficient (Wildman–Crippen LogP) is 2.56. The Kier molecular flexibility index (Phi) is 7.29. The molecule has 11 heteroatoms. The predicted molar refractivity (Wildman–Crippen MR) is 129 cm³/mol. The molecule has 4 rings (SSSR count). The van der Waals surface area contributed by atoms with Crippen LogP contribution in [0.25, 0.3) is 11.3 Å². The monoisotopic (exact) mass is 464 g/mol. The summed E-state index contributed by atoms with van der Waals surface area (Å²) in [6.07, 6.45) is 5.60. The van der Waals surface area contributed by atoms with Gasteiger partial charge >= 0.3 is 0 Å². The minimum absolute atomic E-state index is 0.00983. The average molecular weight is 464 g/mol. The molecule has 0 saturated heterocycles. The Morgan fingerprint density at radius 1 is 1.36 bits per heavy atom. The summed E-state index contributed by atoms with van der Waals surface area (Å²) in [5.74, 6) is -0.720. The zero-order valence-corrected chi connectivity index (χ0v) is 19.2.